The second-order valence-corrected chi connectivity index (χ2v) is 7.14. The number of piperidine rings is 1. The van der Waals surface area contributed by atoms with Crippen molar-refractivity contribution >= 4 is 22.7 Å². The summed E-state index contributed by atoms with van der Waals surface area (Å²) < 4.78 is 5.15. The van der Waals surface area contributed by atoms with Crippen molar-refractivity contribution in [3.63, 3.8) is 0 Å². The van der Waals surface area contributed by atoms with E-state index in [1.54, 1.807) is 12.4 Å². The Morgan fingerprint density at radius 1 is 1.14 bits per heavy atom. The first-order valence-corrected chi connectivity index (χ1v) is 9.92. The van der Waals surface area contributed by atoms with Gasteiger partial charge in [-0.25, -0.2) is 15.0 Å². The number of carbonyl (C=O) groups excluding carboxylic acids is 1. The Morgan fingerprint density at radius 3 is 2.59 bits per heavy atom. The number of rotatable bonds is 5. The van der Waals surface area contributed by atoms with Crippen LogP contribution >= 0.6 is 0 Å². The summed E-state index contributed by atoms with van der Waals surface area (Å²) >= 11 is 0. The lowest BCUT2D eigenvalue weighted by molar-refractivity contribution is -0.148. The van der Waals surface area contributed by atoms with Crippen molar-refractivity contribution in [1.82, 2.24) is 15.0 Å². The average molecular weight is 392 g/mol. The zero-order valence-corrected chi connectivity index (χ0v) is 16.4. The van der Waals surface area contributed by atoms with Gasteiger partial charge in [-0.2, -0.15) is 0 Å². The molecule has 0 radical (unpaired) electrons. The van der Waals surface area contributed by atoms with Crippen molar-refractivity contribution in [2.45, 2.75) is 26.4 Å². The van der Waals surface area contributed by atoms with Gasteiger partial charge in [-0.1, -0.05) is 6.07 Å². The van der Waals surface area contributed by atoms with E-state index in [0.717, 1.165) is 53.8 Å². The van der Waals surface area contributed by atoms with Gasteiger partial charge in [-0.15, -0.1) is 0 Å². The van der Waals surface area contributed by atoms with E-state index in [2.05, 4.69) is 27.0 Å². The van der Waals surface area contributed by atoms with Gasteiger partial charge in [-0.05, 0) is 49.6 Å². The fourth-order valence-electron chi connectivity index (χ4n) is 3.66. The zero-order chi connectivity index (χ0) is 20.2. The first-order chi connectivity index (χ1) is 14.2. The quantitative estimate of drug-likeness (QED) is 0.668. The van der Waals surface area contributed by atoms with Gasteiger partial charge in [0.25, 0.3) is 0 Å². The summed E-state index contributed by atoms with van der Waals surface area (Å²) in [4.78, 5) is 27.2. The lowest BCUT2D eigenvalue weighted by Crippen LogP contribution is -2.37. The second-order valence-electron chi connectivity index (χ2n) is 7.14. The Hall–Kier alpha value is -3.06. The Bertz CT molecular complexity index is 999. The number of fused-ring (bicyclic) bond motifs is 1. The monoisotopic (exact) mass is 392 g/mol. The molecule has 0 aliphatic carbocycles. The predicted molar refractivity (Wildman–Crippen MR) is 110 cm³/mol. The number of pyridine rings is 1. The lowest BCUT2D eigenvalue weighted by Gasteiger charge is -2.31. The number of nitrogens with zero attached hydrogens (tertiary/aromatic N) is 4. The molecule has 2 aromatic heterocycles. The van der Waals surface area contributed by atoms with Crippen LogP contribution in [-0.2, 0) is 16.1 Å². The second kappa shape index (κ2) is 8.53. The molecule has 7 nitrogen and oxygen atoms in total. The van der Waals surface area contributed by atoms with Crippen molar-refractivity contribution in [1.29, 1.82) is 0 Å². The number of carbonyl (C=O) groups is 1. The highest BCUT2D eigenvalue weighted by Gasteiger charge is 2.26. The zero-order valence-electron chi connectivity index (χ0n) is 16.4. The minimum Gasteiger partial charge on any atom is -0.466 e. The maximum absolute atomic E-state index is 11.9. The Morgan fingerprint density at radius 2 is 1.90 bits per heavy atom. The number of aromatic nitrogens is 3. The van der Waals surface area contributed by atoms with Gasteiger partial charge < -0.3 is 14.7 Å². The molecule has 1 fully saturated rings. The van der Waals surface area contributed by atoms with E-state index in [1.807, 2.05) is 25.1 Å². The van der Waals surface area contributed by atoms with Crippen LogP contribution in [0.4, 0.5) is 5.82 Å². The van der Waals surface area contributed by atoms with Gasteiger partial charge in [0.1, 0.15) is 12.4 Å². The smallest absolute Gasteiger partial charge is 0.309 e. The summed E-state index contributed by atoms with van der Waals surface area (Å²) in [5.74, 6) is 1.26. The molecule has 0 atom stereocenters. The maximum Gasteiger partial charge on any atom is 0.309 e. The van der Waals surface area contributed by atoms with E-state index in [9.17, 15) is 4.79 Å². The van der Waals surface area contributed by atoms with Crippen molar-refractivity contribution in [2.75, 3.05) is 24.6 Å². The van der Waals surface area contributed by atoms with Crippen molar-refractivity contribution in [3.05, 3.63) is 48.5 Å². The molecule has 3 heterocycles. The third-order valence-electron chi connectivity index (χ3n) is 5.29. The highest BCUT2D eigenvalue weighted by Crippen LogP contribution is 2.27. The van der Waals surface area contributed by atoms with E-state index in [1.165, 1.54) is 0 Å². The summed E-state index contributed by atoms with van der Waals surface area (Å²) in [5.41, 5.74) is 2.83. The molecule has 150 valence electrons. The van der Waals surface area contributed by atoms with Crippen molar-refractivity contribution in [3.8, 4) is 11.1 Å². The minimum atomic E-state index is -0.165. The van der Waals surface area contributed by atoms with Crippen LogP contribution in [0.1, 0.15) is 25.6 Å². The number of anilines is 1. The van der Waals surface area contributed by atoms with Gasteiger partial charge in [-0.3, -0.25) is 4.79 Å². The number of ether oxygens (including phenoxy) is 1. The fourth-order valence-corrected chi connectivity index (χ4v) is 3.66. The average Bonchev–Trinajstić information content (AvgIpc) is 2.78. The third kappa shape index (κ3) is 4.19. The molecule has 0 spiro atoms. The lowest BCUT2D eigenvalue weighted by atomic mass is 9.97. The largest absolute Gasteiger partial charge is 0.466 e. The number of benzene rings is 1. The molecule has 7 heteroatoms. The first-order valence-electron chi connectivity index (χ1n) is 9.92. The molecule has 1 N–H and O–H groups in total. The van der Waals surface area contributed by atoms with E-state index in [4.69, 9.17) is 14.8 Å². The van der Waals surface area contributed by atoms with Crippen LogP contribution < -0.4 is 4.90 Å². The topological polar surface area (TPSA) is 88.4 Å². The Kier molecular flexibility index (Phi) is 5.67. The van der Waals surface area contributed by atoms with Gasteiger partial charge >= 0.3 is 5.97 Å². The van der Waals surface area contributed by atoms with E-state index in [0.29, 0.717) is 12.4 Å². The maximum atomic E-state index is 11.9. The highest BCUT2D eigenvalue weighted by atomic mass is 16.5. The molecule has 1 saturated heterocycles. The summed E-state index contributed by atoms with van der Waals surface area (Å²) in [6.07, 6.45) is 5.02. The van der Waals surface area contributed by atoms with Gasteiger partial charge in [0.2, 0.25) is 0 Å². The highest BCUT2D eigenvalue weighted by molar-refractivity contribution is 5.85. The van der Waals surface area contributed by atoms with Crippen molar-refractivity contribution < 1.29 is 14.6 Å². The molecule has 0 unspecified atom stereocenters. The molecule has 0 bridgehead atoms. The molecular formula is C22H24N4O3. The molecule has 4 rings (SSSR count). The van der Waals surface area contributed by atoms with E-state index >= 15 is 0 Å². The molecule has 1 aliphatic heterocycles. The van der Waals surface area contributed by atoms with Crippen molar-refractivity contribution in [2.24, 2.45) is 5.92 Å². The predicted octanol–water partition coefficient (Wildman–Crippen LogP) is 2.96. The van der Waals surface area contributed by atoms with Crippen LogP contribution in [0.5, 0.6) is 0 Å². The molecule has 1 aromatic carbocycles. The summed E-state index contributed by atoms with van der Waals surface area (Å²) in [7, 11) is 0. The van der Waals surface area contributed by atoms with Crippen LogP contribution in [0.15, 0.2) is 42.7 Å². The molecular weight excluding hydrogens is 368 g/mol. The molecule has 3 aromatic rings. The third-order valence-corrected chi connectivity index (χ3v) is 5.29. The fraction of sp³-hybridized carbons (Fsp3) is 0.364. The van der Waals surface area contributed by atoms with E-state index < -0.39 is 0 Å². The normalized spacial score (nSPS) is 14.9. The van der Waals surface area contributed by atoms with Crippen LogP contribution in [0.25, 0.3) is 22.0 Å². The van der Waals surface area contributed by atoms with E-state index in [-0.39, 0.29) is 18.5 Å². The minimum absolute atomic E-state index is 0.00587. The Balaban J connectivity index is 1.49. The van der Waals surface area contributed by atoms with Gasteiger partial charge in [0, 0.05) is 36.4 Å². The van der Waals surface area contributed by atoms with Crippen LogP contribution in [0.2, 0.25) is 0 Å². The number of hydrogen-bond donors (Lipinski definition) is 1. The molecule has 0 amide bonds. The summed E-state index contributed by atoms with van der Waals surface area (Å²) in [6.45, 7) is 3.71. The molecule has 0 saturated carbocycles. The first kappa shape index (κ1) is 19.3. The number of aliphatic hydroxyl groups is 1. The van der Waals surface area contributed by atoms with Gasteiger partial charge in [0.15, 0.2) is 5.82 Å². The van der Waals surface area contributed by atoms with Crippen LogP contribution in [-0.4, -0.2) is 45.7 Å². The number of hydrogen-bond acceptors (Lipinski definition) is 7. The Labute approximate surface area is 169 Å². The van der Waals surface area contributed by atoms with Crippen LogP contribution in [0.3, 0.4) is 0 Å². The molecule has 29 heavy (non-hydrogen) atoms. The number of aliphatic hydroxyl groups excluding tert-OH is 1. The molecule has 1 aliphatic rings. The SMILES string of the molecule is CCOC(=O)C1CCN(c2ccc3cc(-c4cnc(CO)nc4)ccc3n2)CC1. The van der Waals surface area contributed by atoms with Gasteiger partial charge in [0.05, 0.1) is 18.0 Å². The summed E-state index contributed by atoms with van der Waals surface area (Å²) in [6, 6.07) is 10.2. The summed E-state index contributed by atoms with van der Waals surface area (Å²) in [5, 5.41) is 10.1. The standard InChI is InChI=1S/C22H24N4O3/c1-2-29-22(28)15-7-9-26(10-8-15)21-6-4-17-11-16(3-5-19(17)25-21)18-12-23-20(14-27)24-13-18/h3-6,11-13,15,27H,2,7-10,14H2,1H3. The van der Waals surface area contributed by atoms with Crippen LogP contribution in [0, 0.1) is 5.92 Å². The number of esters is 1.